The first-order valence-electron chi connectivity index (χ1n) is 5.22. The van der Waals surface area contributed by atoms with E-state index < -0.39 is 5.97 Å². The molecule has 4 nitrogen and oxygen atoms in total. The van der Waals surface area contributed by atoms with Crippen molar-refractivity contribution in [1.82, 2.24) is 0 Å². The van der Waals surface area contributed by atoms with Crippen LogP contribution in [0.2, 0.25) is 0 Å². The zero-order valence-electron chi connectivity index (χ0n) is 9.95. The summed E-state index contributed by atoms with van der Waals surface area (Å²) in [5.74, 6) is -1.27. The number of aliphatic carboxylic acids is 1. The molecule has 0 aliphatic rings. The Hall–Kier alpha value is 0.204. The maximum absolute atomic E-state index is 10.9. The molecule has 0 spiro atoms. The Balaban J connectivity index is -0.000000529. The molecule has 0 unspecified atom stereocenters. The zero-order valence-corrected chi connectivity index (χ0v) is 12.8. The molecule has 1 radical (unpaired) electrons. The van der Waals surface area contributed by atoms with Gasteiger partial charge in [-0.1, -0.05) is 12.8 Å². The molecular formula is C11H21O4Y-. The first-order chi connectivity index (χ1) is 7.16. The van der Waals surface area contributed by atoms with Crippen LogP contribution in [0.1, 0.15) is 45.4 Å². The van der Waals surface area contributed by atoms with Crippen LogP contribution in [0.25, 0.3) is 0 Å². The van der Waals surface area contributed by atoms with E-state index in [0.717, 1.165) is 25.7 Å². The molecule has 0 aromatic rings. The van der Waals surface area contributed by atoms with E-state index >= 15 is 0 Å². The summed E-state index contributed by atoms with van der Waals surface area (Å²) in [6, 6.07) is 0. The zero-order chi connectivity index (χ0) is 12.1. The summed E-state index contributed by atoms with van der Waals surface area (Å²) in [6.07, 6.45) is 3.25. The minimum atomic E-state index is -1.06. The second-order valence-corrected chi connectivity index (χ2v) is 3.00. The number of carbonyl (C=O) groups excluding carboxylic acids is 1. The number of hydrogen-bond acceptors (Lipinski definition) is 3. The molecule has 93 valence electrons. The quantitative estimate of drug-likeness (QED) is 0.407. The summed E-state index contributed by atoms with van der Waals surface area (Å²) in [5.41, 5.74) is 0. The Labute approximate surface area is 123 Å². The van der Waals surface area contributed by atoms with Crippen LogP contribution >= 0.6 is 0 Å². The molecule has 0 aliphatic heterocycles. The molecule has 5 heteroatoms. The van der Waals surface area contributed by atoms with Gasteiger partial charge in [-0.2, -0.15) is 6.92 Å². The fourth-order valence-corrected chi connectivity index (χ4v) is 1.04. The third-order valence-corrected chi connectivity index (χ3v) is 1.71. The van der Waals surface area contributed by atoms with E-state index in [-0.39, 0.29) is 51.5 Å². The number of carbonyl (C=O) groups is 2. The number of hydrogen-bond donors (Lipinski definition) is 2. The number of Topliss-reactive ketones (excluding diaryl/α,β-unsaturated/α-hetero) is 1. The van der Waals surface area contributed by atoms with Gasteiger partial charge in [0.2, 0.25) is 0 Å². The van der Waals surface area contributed by atoms with Gasteiger partial charge in [0.1, 0.15) is 12.2 Å². The molecule has 0 atom stereocenters. The van der Waals surface area contributed by atoms with E-state index in [1.54, 1.807) is 6.92 Å². The second kappa shape index (κ2) is 17.6. The summed E-state index contributed by atoms with van der Waals surface area (Å²) >= 11 is 0. The van der Waals surface area contributed by atoms with E-state index in [1.807, 2.05) is 0 Å². The molecule has 16 heavy (non-hydrogen) atoms. The normalized spacial score (nSPS) is 8.44. The van der Waals surface area contributed by atoms with Crippen LogP contribution < -0.4 is 0 Å². The van der Waals surface area contributed by atoms with Crippen LogP contribution in [-0.2, 0) is 42.3 Å². The molecule has 0 amide bonds. The summed E-state index contributed by atoms with van der Waals surface area (Å²) in [4.78, 5) is 20.9. The van der Waals surface area contributed by atoms with Crippen molar-refractivity contribution in [2.24, 2.45) is 0 Å². The Kier molecular flexibility index (Phi) is 23.6. The van der Waals surface area contributed by atoms with Crippen LogP contribution in [0.3, 0.4) is 0 Å². The molecule has 0 aromatic carbocycles. The number of aliphatic hydroxyl groups is 1. The van der Waals surface area contributed by atoms with Crippen molar-refractivity contribution < 1.29 is 52.5 Å². The van der Waals surface area contributed by atoms with E-state index in [4.69, 9.17) is 10.2 Å². The van der Waals surface area contributed by atoms with Crippen molar-refractivity contribution in [1.29, 1.82) is 0 Å². The van der Waals surface area contributed by atoms with Crippen LogP contribution in [0.4, 0.5) is 0 Å². The molecule has 0 saturated heterocycles. The molecular weight excluding hydrogens is 285 g/mol. The average Bonchev–Trinajstić information content (AvgIpc) is 2.19. The van der Waals surface area contributed by atoms with Gasteiger partial charge in [-0.05, 0) is 12.8 Å². The van der Waals surface area contributed by atoms with E-state index in [2.05, 4.69) is 6.92 Å². The molecule has 2 N–H and O–H groups in total. The van der Waals surface area contributed by atoms with Gasteiger partial charge in [0.15, 0.2) is 0 Å². The minimum Gasteiger partial charge on any atom is -0.481 e. The molecule has 0 fully saturated rings. The number of unbranched alkanes of at least 4 members (excludes halogenated alkanes) is 3. The van der Waals surface area contributed by atoms with E-state index in [9.17, 15) is 9.59 Å². The van der Waals surface area contributed by atoms with Crippen molar-refractivity contribution in [2.75, 3.05) is 6.61 Å². The smallest absolute Gasteiger partial charge is 0.310 e. The predicted octanol–water partition coefficient (Wildman–Crippen LogP) is 1.81. The molecule has 0 aromatic heterocycles. The fraction of sp³-hybridized carbons (Fsp3) is 0.727. The SMILES string of the molecule is O=C(O)CC(=O)CCCCCCO.[CH2-]C.[Y]. The van der Waals surface area contributed by atoms with Gasteiger partial charge in [0.25, 0.3) is 0 Å². The Morgan fingerprint density at radius 3 is 2.00 bits per heavy atom. The Bertz CT molecular complexity index is 171. The van der Waals surface area contributed by atoms with Gasteiger partial charge < -0.3 is 17.1 Å². The molecule has 0 saturated carbocycles. The number of aliphatic hydroxyl groups excluding tert-OH is 1. The summed E-state index contributed by atoms with van der Waals surface area (Å²) in [6.45, 7) is 5.18. The van der Waals surface area contributed by atoms with Gasteiger partial charge in [0, 0.05) is 45.7 Å². The monoisotopic (exact) mass is 306 g/mol. The number of rotatable bonds is 8. The minimum absolute atomic E-state index is 0. The summed E-state index contributed by atoms with van der Waals surface area (Å²) in [5, 5.41) is 16.7. The Morgan fingerprint density at radius 2 is 1.56 bits per heavy atom. The second-order valence-electron chi connectivity index (χ2n) is 3.00. The summed E-state index contributed by atoms with van der Waals surface area (Å²) < 4.78 is 0. The fourth-order valence-electron chi connectivity index (χ4n) is 1.04. The van der Waals surface area contributed by atoms with Crippen LogP contribution in [-0.4, -0.2) is 28.6 Å². The Morgan fingerprint density at radius 1 is 1.06 bits per heavy atom. The first-order valence-corrected chi connectivity index (χ1v) is 5.22. The van der Waals surface area contributed by atoms with Gasteiger partial charge in [0.05, 0.1) is 0 Å². The van der Waals surface area contributed by atoms with Crippen molar-refractivity contribution in [3.05, 3.63) is 6.92 Å². The third kappa shape index (κ3) is 19.7. The number of ketones is 1. The van der Waals surface area contributed by atoms with Gasteiger partial charge in [-0.15, -0.1) is 0 Å². The summed E-state index contributed by atoms with van der Waals surface area (Å²) in [7, 11) is 0. The maximum atomic E-state index is 10.9. The molecule has 0 heterocycles. The van der Waals surface area contributed by atoms with Crippen molar-refractivity contribution in [3.8, 4) is 0 Å². The first kappa shape index (κ1) is 21.5. The standard InChI is InChI=1S/C9H16O4.C2H5.Y/c10-6-4-2-1-3-5-8(11)7-9(12)13;1-2;/h10H,1-7H2,(H,12,13);1H2,2H3;/q;-1;. The molecule has 0 bridgehead atoms. The number of carboxylic acid groups (broad SMARTS) is 1. The third-order valence-electron chi connectivity index (χ3n) is 1.71. The van der Waals surface area contributed by atoms with Crippen molar-refractivity contribution in [3.63, 3.8) is 0 Å². The van der Waals surface area contributed by atoms with Crippen LogP contribution in [0.5, 0.6) is 0 Å². The van der Waals surface area contributed by atoms with Gasteiger partial charge >= 0.3 is 5.97 Å². The van der Waals surface area contributed by atoms with Crippen molar-refractivity contribution in [2.45, 2.75) is 45.4 Å². The average molecular weight is 306 g/mol. The van der Waals surface area contributed by atoms with E-state index in [1.165, 1.54) is 0 Å². The topological polar surface area (TPSA) is 74.6 Å². The molecule has 0 aliphatic carbocycles. The predicted molar refractivity (Wildman–Crippen MR) is 58.5 cm³/mol. The molecule has 0 rings (SSSR count). The maximum Gasteiger partial charge on any atom is 0.310 e. The van der Waals surface area contributed by atoms with Crippen molar-refractivity contribution >= 4 is 11.8 Å². The van der Waals surface area contributed by atoms with Crippen LogP contribution in [0.15, 0.2) is 0 Å². The van der Waals surface area contributed by atoms with Crippen LogP contribution in [0, 0.1) is 6.92 Å². The van der Waals surface area contributed by atoms with Gasteiger partial charge in [-0.3, -0.25) is 9.59 Å². The van der Waals surface area contributed by atoms with E-state index in [0.29, 0.717) is 6.42 Å². The van der Waals surface area contributed by atoms with Gasteiger partial charge in [-0.25, -0.2) is 0 Å². The number of carboxylic acids is 1. The largest absolute Gasteiger partial charge is 0.481 e.